The summed E-state index contributed by atoms with van der Waals surface area (Å²) in [6.45, 7) is 14.3. The van der Waals surface area contributed by atoms with Crippen LogP contribution in [0.25, 0.3) is 0 Å². The predicted molar refractivity (Wildman–Crippen MR) is 114 cm³/mol. The first-order valence-electron chi connectivity index (χ1n) is 9.18. The van der Waals surface area contributed by atoms with Gasteiger partial charge in [0.25, 0.3) is 0 Å². The van der Waals surface area contributed by atoms with Gasteiger partial charge in [0.1, 0.15) is 5.76 Å². The lowest BCUT2D eigenvalue weighted by Gasteiger charge is -2.12. The van der Waals surface area contributed by atoms with Gasteiger partial charge in [0, 0.05) is 31.7 Å². The Morgan fingerprint density at radius 1 is 1.16 bits per heavy atom. The maximum absolute atomic E-state index is 5.63. The Morgan fingerprint density at radius 2 is 1.92 bits per heavy atom. The zero-order chi connectivity index (χ0) is 17.8. The van der Waals surface area contributed by atoms with Gasteiger partial charge < -0.3 is 19.9 Å². The number of halogens is 1. The van der Waals surface area contributed by atoms with Gasteiger partial charge in [0.05, 0.1) is 18.8 Å². The molecule has 1 rings (SSSR count). The smallest absolute Gasteiger partial charge is 0.191 e. The molecule has 0 aliphatic heterocycles. The van der Waals surface area contributed by atoms with Crippen molar-refractivity contribution in [3.05, 3.63) is 17.0 Å². The monoisotopic (exact) mass is 466 g/mol. The van der Waals surface area contributed by atoms with Crippen molar-refractivity contribution in [3.63, 3.8) is 0 Å². The number of nitrogens with zero attached hydrogens (tertiary/aromatic N) is 2. The van der Waals surface area contributed by atoms with E-state index in [1.807, 2.05) is 0 Å². The Morgan fingerprint density at radius 3 is 2.52 bits per heavy atom. The Kier molecular flexibility index (Phi) is 13.9. The molecule has 1 aromatic heterocycles. The zero-order valence-corrected chi connectivity index (χ0v) is 18.7. The summed E-state index contributed by atoms with van der Waals surface area (Å²) >= 11 is 0. The maximum atomic E-state index is 5.63. The van der Waals surface area contributed by atoms with E-state index in [1.165, 1.54) is 0 Å². The summed E-state index contributed by atoms with van der Waals surface area (Å²) in [5, 5.41) is 10.7. The van der Waals surface area contributed by atoms with Crippen molar-refractivity contribution in [3.8, 4) is 0 Å². The van der Waals surface area contributed by atoms with E-state index in [-0.39, 0.29) is 24.0 Å². The Labute approximate surface area is 169 Å². The molecule has 0 aliphatic rings. The van der Waals surface area contributed by atoms with Crippen molar-refractivity contribution in [2.75, 3.05) is 26.3 Å². The summed E-state index contributed by atoms with van der Waals surface area (Å²) in [6, 6.07) is 0. The van der Waals surface area contributed by atoms with Crippen LogP contribution < -0.4 is 10.6 Å². The van der Waals surface area contributed by atoms with E-state index < -0.39 is 0 Å². The number of guanidine groups is 1. The predicted octanol–water partition coefficient (Wildman–Crippen LogP) is 3.54. The summed E-state index contributed by atoms with van der Waals surface area (Å²) in [7, 11) is 0. The zero-order valence-electron chi connectivity index (χ0n) is 16.4. The van der Waals surface area contributed by atoms with E-state index >= 15 is 0 Å². The van der Waals surface area contributed by atoms with Crippen molar-refractivity contribution < 1.29 is 9.26 Å². The van der Waals surface area contributed by atoms with Crippen LogP contribution in [-0.4, -0.2) is 37.4 Å². The molecular weight excluding hydrogens is 431 g/mol. The maximum Gasteiger partial charge on any atom is 0.191 e. The van der Waals surface area contributed by atoms with E-state index in [0.29, 0.717) is 19.1 Å². The Hall–Kier alpha value is -0.830. The molecule has 0 saturated heterocycles. The number of rotatable bonds is 11. The minimum atomic E-state index is 0. The molecule has 0 fully saturated rings. The van der Waals surface area contributed by atoms with Crippen molar-refractivity contribution in [1.82, 2.24) is 15.8 Å². The highest BCUT2D eigenvalue weighted by Gasteiger charge is 2.12. The fourth-order valence-corrected chi connectivity index (χ4v) is 2.28. The second-order valence-corrected chi connectivity index (χ2v) is 6.15. The lowest BCUT2D eigenvalue weighted by Crippen LogP contribution is -2.39. The van der Waals surface area contributed by atoms with Crippen LogP contribution in [0.2, 0.25) is 0 Å². The molecule has 7 heteroatoms. The molecule has 0 aromatic carbocycles. The highest BCUT2D eigenvalue weighted by Crippen LogP contribution is 2.16. The molecule has 0 saturated carbocycles. The number of hydrogen-bond donors (Lipinski definition) is 2. The van der Waals surface area contributed by atoms with Gasteiger partial charge in [-0.1, -0.05) is 32.9 Å². The van der Waals surface area contributed by atoms with Crippen LogP contribution >= 0.6 is 24.0 Å². The molecule has 0 spiro atoms. The van der Waals surface area contributed by atoms with Crippen LogP contribution in [0.4, 0.5) is 0 Å². The van der Waals surface area contributed by atoms with Gasteiger partial charge in [0.15, 0.2) is 5.96 Å². The van der Waals surface area contributed by atoms with Crippen LogP contribution in [0, 0.1) is 5.92 Å². The fourth-order valence-electron chi connectivity index (χ4n) is 2.28. The third-order valence-electron chi connectivity index (χ3n) is 3.72. The summed E-state index contributed by atoms with van der Waals surface area (Å²) in [6.07, 6.45) is 2.80. The largest absolute Gasteiger partial charge is 0.380 e. The highest BCUT2D eigenvalue weighted by atomic mass is 127. The first-order valence-corrected chi connectivity index (χ1v) is 9.18. The van der Waals surface area contributed by atoms with E-state index in [9.17, 15) is 0 Å². The number of aliphatic imine (C=N–C) groups is 1. The molecule has 0 amide bonds. The SMILES string of the molecule is CCNC(=NCc1c(CC)noc1CC)NCCOCCC(C)C.I. The normalized spacial score (nSPS) is 11.5. The molecule has 1 aromatic rings. The third kappa shape index (κ3) is 9.44. The van der Waals surface area contributed by atoms with Crippen molar-refractivity contribution >= 4 is 29.9 Å². The molecule has 0 bridgehead atoms. The number of aromatic nitrogens is 1. The van der Waals surface area contributed by atoms with Crippen molar-refractivity contribution in [2.45, 2.75) is 60.4 Å². The lowest BCUT2D eigenvalue weighted by atomic mass is 10.1. The third-order valence-corrected chi connectivity index (χ3v) is 3.72. The van der Waals surface area contributed by atoms with E-state index in [1.54, 1.807) is 0 Å². The van der Waals surface area contributed by atoms with Crippen LogP contribution in [0.1, 0.15) is 58.1 Å². The molecule has 146 valence electrons. The summed E-state index contributed by atoms with van der Waals surface area (Å²) in [5.74, 6) is 2.42. The molecule has 2 N–H and O–H groups in total. The van der Waals surface area contributed by atoms with Crippen LogP contribution in [0.3, 0.4) is 0 Å². The van der Waals surface area contributed by atoms with Gasteiger partial charge in [-0.3, -0.25) is 0 Å². The fraction of sp³-hybridized carbons (Fsp3) is 0.778. The van der Waals surface area contributed by atoms with Gasteiger partial charge in [-0.05, 0) is 25.7 Å². The first kappa shape index (κ1) is 24.2. The highest BCUT2D eigenvalue weighted by molar-refractivity contribution is 14.0. The summed E-state index contributed by atoms with van der Waals surface area (Å²) < 4.78 is 11.0. The van der Waals surface area contributed by atoms with E-state index in [4.69, 9.17) is 9.26 Å². The van der Waals surface area contributed by atoms with Gasteiger partial charge in [-0.15, -0.1) is 24.0 Å². The quantitative estimate of drug-likeness (QED) is 0.226. The molecule has 0 atom stereocenters. The number of ether oxygens (including phenoxy) is 1. The average molecular weight is 466 g/mol. The molecule has 25 heavy (non-hydrogen) atoms. The summed E-state index contributed by atoms with van der Waals surface area (Å²) in [5.41, 5.74) is 2.12. The molecule has 1 heterocycles. The second kappa shape index (κ2) is 14.4. The average Bonchev–Trinajstić information content (AvgIpc) is 2.97. The molecule has 0 radical (unpaired) electrons. The number of hydrogen-bond acceptors (Lipinski definition) is 4. The Balaban J connectivity index is 0.00000576. The Bertz CT molecular complexity index is 468. The van der Waals surface area contributed by atoms with Gasteiger partial charge in [0.2, 0.25) is 0 Å². The minimum absolute atomic E-state index is 0. The van der Waals surface area contributed by atoms with Crippen LogP contribution in [0.15, 0.2) is 9.52 Å². The van der Waals surface area contributed by atoms with Gasteiger partial charge in [-0.2, -0.15) is 0 Å². The summed E-state index contributed by atoms with van der Waals surface area (Å²) in [4.78, 5) is 4.66. The van der Waals surface area contributed by atoms with Crippen molar-refractivity contribution in [2.24, 2.45) is 10.9 Å². The van der Waals surface area contributed by atoms with Crippen LogP contribution in [0.5, 0.6) is 0 Å². The number of nitrogens with one attached hydrogen (secondary N) is 2. The van der Waals surface area contributed by atoms with E-state index in [0.717, 1.165) is 61.9 Å². The van der Waals surface area contributed by atoms with Crippen LogP contribution in [-0.2, 0) is 24.1 Å². The number of aryl methyl sites for hydroxylation is 2. The van der Waals surface area contributed by atoms with Gasteiger partial charge >= 0.3 is 0 Å². The topological polar surface area (TPSA) is 71.7 Å². The van der Waals surface area contributed by atoms with E-state index in [2.05, 4.69) is 55.4 Å². The van der Waals surface area contributed by atoms with Gasteiger partial charge in [-0.25, -0.2) is 4.99 Å². The molecule has 0 aliphatic carbocycles. The lowest BCUT2D eigenvalue weighted by molar-refractivity contribution is 0.128. The first-order chi connectivity index (χ1) is 11.6. The van der Waals surface area contributed by atoms with Crippen molar-refractivity contribution in [1.29, 1.82) is 0 Å². The molecule has 6 nitrogen and oxygen atoms in total. The molecule has 0 unspecified atom stereocenters. The molecular formula is C18H35IN4O2. The second-order valence-electron chi connectivity index (χ2n) is 6.15. The minimum Gasteiger partial charge on any atom is -0.380 e. The standard InChI is InChI=1S/C18H34N4O2.HI/c1-6-16-15(17(7-2)24-22-16)13-21-18(19-8-3)20-10-12-23-11-9-14(4)5;/h14H,6-13H2,1-5H3,(H2,19,20,21);1H.